The summed E-state index contributed by atoms with van der Waals surface area (Å²) >= 11 is 0. The molecule has 7 heteroatoms. The maximum absolute atomic E-state index is 12.9. The Bertz CT molecular complexity index is 397. The minimum Gasteiger partial charge on any atom is -0.235 e. The largest absolute Gasteiger partial charge is 0.461 e. The number of aromatic nitrogens is 2. The molecule has 1 radical (unpaired) electrons. The van der Waals surface area contributed by atoms with Crippen LogP contribution in [0.15, 0.2) is 6.20 Å². The topological polar surface area (TPSA) is 25.8 Å². The fourth-order valence-corrected chi connectivity index (χ4v) is 1.18. The van der Waals surface area contributed by atoms with Crippen LogP contribution < -0.4 is 0 Å². The lowest BCUT2D eigenvalue weighted by Crippen LogP contribution is -2.35. The highest BCUT2D eigenvalue weighted by Crippen LogP contribution is 2.44. The average Bonchev–Trinajstić information content (AvgIpc) is 2.99. The van der Waals surface area contributed by atoms with Gasteiger partial charge in [0.05, 0.1) is 5.69 Å². The Morgan fingerprint density at radius 1 is 1.19 bits per heavy atom. The van der Waals surface area contributed by atoms with Crippen LogP contribution in [-0.2, 0) is 5.92 Å². The molecule has 16 heavy (non-hydrogen) atoms. The third-order valence-electron chi connectivity index (χ3n) is 2.23. The molecule has 0 aromatic carbocycles. The summed E-state index contributed by atoms with van der Waals surface area (Å²) in [6.45, 7) is 0. The lowest BCUT2D eigenvalue weighted by Gasteiger charge is -2.17. The molecule has 1 saturated carbocycles. The fourth-order valence-electron chi connectivity index (χ4n) is 1.18. The van der Waals surface area contributed by atoms with E-state index in [0.29, 0.717) is 0 Å². The molecule has 0 N–H and O–H groups in total. The van der Waals surface area contributed by atoms with E-state index in [9.17, 15) is 22.0 Å². The molecule has 1 aliphatic carbocycles. The molecular weight excluding hydrogens is 231 g/mol. The Morgan fingerprint density at radius 2 is 1.81 bits per heavy atom. The van der Waals surface area contributed by atoms with Crippen LogP contribution in [0.25, 0.3) is 0 Å². The molecule has 1 aromatic rings. The molecule has 1 aromatic heterocycles. The molecule has 2 nitrogen and oxygen atoms in total. The minimum absolute atomic E-state index is 0.0502. The van der Waals surface area contributed by atoms with Gasteiger partial charge < -0.3 is 0 Å². The highest BCUT2D eigenvalue weighted by molar-refractivity contribution is 5.14. The molecule has 87 valence electrons. The summed E-state index contributed by atoms with van der Waals surface area (Å²) in [4.78, 5) is 6.19. The Morgan fingerprint density at radius 3 is 2.31 bits per heavy atom. The Labute approximate surface area is 87.5 Å². The predicted molar refractivity (Wildman–Crippen MR) is 42.8 cm³/mol. The van der Waals surface area contributed by atoms with Crippen LogP contribution in [0.2, 0.25) is 0 Å². The van der Waals surface area contributed by atoms with Crippen LogP contribution in [0.1, 0.15) is 30.3 Å². The van der Waals surface area contributed by atoms with Crippen molar-refractivity contribution < 1.29 is 22.0 Å². The van der Waals surface area contributed by atoms with Crippen molar-refractivity contribution in [2.24, 2.45) is 0 Å². The van der Waals surface area contributed by atoms with E-state index in [1.165, 1.54) is 0 Å². The van der Waals surface area contributed by atoms with Crippen molar-refractivity contribution in [3.63, 3.8) is 0 Å². The molecule has 0 bridgehead atoms. The molecule has 1 aliphatic rings. The van der Waals surface area contributed by atoms with Gasteiger partial charge in [0, 0.05) is 18.2 Å². The van der Waals surface area contributed by atoms with Gasteiger partial charge in [-0.25, -0.2) is 9.97 Å². The number of halogens is 5. The molecule has 0 atom stereocenters. The molecular formula is C9H6F5N2. The van der Waals surface area contributed by atoms with E-state index >= 15 is 0 Å². The van der Waals surface area contributed by atoms with Crippen molar-refractivity contribution in [2.75, 3.05) is 0 Å². The quantitative estimate of drug-likeness (QED) is 0.739. The summed E-state index contributed by atoms with van der Waals surface area (Å²) < 4.78 is 61.8. The molecule has 0 aliphatic heterocycles. The molecule has 1 fully saturated rings. The molecule has 1 heterocycles. The fraction of sp³-hybridized carbons (Fsp3) is 0.556. The molecule has 0 spiro atoms. The first-order valence-corrected chi connectivity index (χ1v) is 4.52. The first-order chi connectivity index (χ1) is 7.32. The van der Waals surface area contributed by atoms with Gasteiger partial charge in [0.25, 0.3) is 0 Å². The van der Waals surface area contributed by atoms with Gasteiger partial charge in [0.15, 0.2) is 0 Å². The van der Waals surface area contributed by atoms with Gasteiger partial charge in [-0.15, -0.1) is 0 Å². The smallest absolute Gasteiger partial charge is 0.235 e. The van der Waals surface area contributed by atoms with Crippen LogP contribution in [0.3, 0.4) is 0 Å². The van der Waals surface area contributed by atoms with Crippen molar-refractivity contribution >= 4 is 0 Å². The van der Waals surface area contributed by atoms with Gasteiger partial charge in [0.1, 0.15) is 0 Å². The molecule has 2 rings (SSSR count). The van der Waals surface area contributed by atoms with Gasteiger partial charge in [-0.05, 0) is 12.8 Å². The molecule has 0 unspecified atom stereocenters. The third-order valence-corrected chi connectivity index (χ3v) is 2.23. The minimum atomic E-state index is -5.67. The average molecular weight is 237 g/mol. The van der Waals surface area contributed by atoms with Crippen LogP contribution >= 0.6 is 0 Å². The lowest BCUT2D eigenvalue weighted by molar-refractivity contribution is -0.292. The lowest BCUT2D eigenvalue weighted by atomic mass is 10.2. The van der Waals surface area contributed by atoms with E-state index in [2.05, 4.69) is 16.0 Å². The number of rotatable bonds is 2. The van der Waals surface area contributed by atoms with Crippen molar-refractivity contribution in [3.05, 3.63) is 23.8 Å². The summed E-state index contributed by atoms with van der Waals surface area (Å²) in [5, 5.41) is 0. The second-order valence-electron chi connectivity index (χ2n) is 3.57. The Hall–Kier alpha value is -1.27. The van der Waals surface area contributed by atoms with Crippen molar-refractivity contribution in [3.8, 4) is 0 Å². The van der Waals surface area contributed by atoms with E-state index in [1.54, 1.807) is 0 Å². The van der Waals surface area contributed by atoms with Crippen LogP contribution in [-0.4, -0.2) is 16.1 Å². The summed E-state index contributed by atoms with van der Waals surface area (Å²) in [6.07, 6.45) is -3.38. The van der Waals surface area contributed by atoms with Gasteiger partial charge in [-0.1, -0.05) is 0 Å². The van der Waals surface area contributed by atoms with Crippen LogP contribution in [0.4, 0.5) is 22.0 Å². The summed E-state index contributed by atoms with van der Waals surface area (Å²) in [7, 11) is 0. The molecule has 0 amide bonds. The number of nitrogens with zero attached hydrogens (tertiary/aromatic N) is 2. The maximum atomic E-state index is 12.9. The monoisotopic (exact) mass is 237 g/mol. The zero-order valence-corrected chi connectivity index (χ0v) is 7.85. The van der Waals surface area contributed by atoms with Gasteiger partial charge in [0.2, 0.25) is 5.82 Å². The number of alkyl halides is 5. The number of hydrogen-bond acceptors (Lipinski definition) is 2. The SMILES string of the molecule is FC(F)(F)C(F)(F)c1nc[c]c(C2CC2)n1. The van der Waals surface area contributed by atoms with Gasteiger partial charge in [-0.2, -0.15) is 22.0 Å². The van der Waals surface area contributed by atoms with E-state index in [0.717, 1.165) is 19.0 Å². The second kappa shape index (κ2) is 3.36. The van der Waals surface area contributed by atoms with Gasteiger partial charge in [-0.3, -0.25) is 0 Å². The van der Waals surface area contributed by atoms with E-state index in [1.807, 2.05) is 0 Å². The highest BCUT2D eigenvalue weighted by atomic mass is 19.4. The van der Waals surface area contributed by atoms with Crippen LogP contribution in [0.5, 0.6) is 0 Å². The summed E-state index contributed by atoms with van der Waals surface area (Å²) in [5.74, 6) is -6.56. The van der Waals surface area contributed by atoms with E-state index in [4.69, 9.17) is 0 Å². The zero-order valence-electron chi connectivity index (χ0n) is 7.85. The normalized spacial score (nSPS) is 17.6. The second-order valence-corrected chi connectivity index (χ2v) is 3.57. The van der Waals surface area contributed by atoms with Crippen molar-refractivity contribution in [2.45, 2.75) is 30.9 Å². The first-order valence-electron chi connectivity index (χ1n) is 4.52. The Balaban J connectivity index is 2.35. The van der Waals surface area contributed by atoms with Crippen LogP contribution in [0, 0.1) is 6.07 Å². The summed E-state index contributed by atoms with van der Waals surface area (Å²) in [5.41, 5.74) is 0.133. The van der Waals surface area contributed by atoms with Gasteiger partial charge >= 0.3 is 12.1 Å². The van der Waals surface area contributed by atoms with E-state index in [-0.39, 0.29) is 11.6 Å². The Kier molecular flexibility index (Phi) is 2.36. The van der Waals surface area contributed by atoms with Crippen molar-refractivity contribution in [1.29, 1.82) is 0 Å². The zero-order chi connectivity index (χ0) is 12.0. The highest BCUT2D eigenvalue weighted by Gasteiger charge is 2.61. The predicted octanol–water partition coefficient (Wildman–Crippen LogP) is 2.81. The third kappa shape index (κ3) is 1.85. The first kappa shape index (κ1) is 11.2. The van der Waals surface area contributed by atoms with Crippen molar-refractivity contribution in [1.82, 2.24) is 9.97 Å². The maximum Gasteiger partial charge on any atom is 0.461 e. The standard InChI is InChI=1S/C9H6F5N2/c10-8(11,9(12,13)14)7-15-4-3-6(16-7)5-1-2-5/h4-5H,1-2H2. The summed E-state index contributed by atoms with van der Waals surface area (Å²) in [6, 6.07) is 2.47. The number of hydrogen-bond donors (Lipinski definition) is 0. The molecule has 0 saturated heterocycles. The van der Waals surface area contributed by atoms with E-state index < -0.39 is 17.9 Å².